The SMILES string of the molecule is C=C(C=O)CCC/C=C\C. The Labute approximate surface area is 62.4 Å². The molecule has 0 rings (SSSR count). The van der Waals surface area contributed by atoms with Gasteiger partial charge in [0.05, 0.1) is 0 Å². The Morgan fingerprint density at radius 1 is 1.60 bits per heavy atom. The Hall–Kier alpha value is -0.850. The lowest BCUT2D eigenvalue weighted by Gasteiger charge is -1.92. The van der Waals surface area contributed by atoms with E-state index < -0.39 is 0 Å². The van der Waals surface area contributed by atoms with Crippen molar-refractivity contribution in [2.24, 2.45) is 0 Å². The van der Waals surface area contributed by atoms with Crippen molar-refractivity contribution in [3.05, 3.63) is 24.3 Å². The van der Waals surface area contributed by atoms with Crippen LogP contribution in [0.5, 0.6) is 0 Å². The monoisotopic (exact) mass is 138 g/mol. The number of carbonyl (C=O) groups is 1. The van der Waals surface area contributed by atoms with Crippen LogP contribution in [0.25, 0.3) is 0 Å². The van der Waals surface area contributed by atoms with Gasteiger partial charge in [0.25, 0.3) is 0 Å². The summed E-state index contributed by atoms with van der Waals surface area (Å²) in [6.07, 6.45) is 7.84. The third kappa shape index (κ3) is 5.29. The summed E-state index contributed by atoms with van der Waals surface area (Å²) < 4.78 is 0. The van der Waals surface area contributed by atoms with E-state index in [0.29, 0.717) is 5.57 Å². The van der Waals surface area contributed by atoms with Crippen molar-refractivity contribution in [3.63, 3.8) is 0 Å². The van der Waals surface area contributed by atoms with E-state index in [9.17, 15) is 4.79 Å². The highest BCUT2D eigenvalue weighted by Gasteiger charge is 1.88. The van der Waals surface area contributed by atoms with Gasteiger partial charge in [-0.3, -0.25) is 4.79 Å². The molecule has 0 amide bonds. The molecule has 1 heteroatoms. The molecule has 0 atom stereocenters. The Morgan fingerprint density at radius 2 is 2.30 bits per heavy atom. The number of allylic oxidation sites excluding steroid dienone is 3. The molecule has 10 heavy (non-hydrogen) atoms. The molecule has 0 aliphatic carbocycles. The van der Waals surface area contributed by atoms with Crippen molar-refractivity contribution in [3.8, 4) is 0 Å². The molecular formula is C9H14O. The van der Waals surface area contributed by atoms with Gasteiger partial charge in [0, 0.05) is 0 Å². The first-order chi connectivity index (χ1) is 4.81. The van der Waals surface area contributed by atoms with Crippen LogP contribution in [0.3, 0.4) is 0 Å². The number of unbranched alkanes of at least 4 members (excludes halogenated alkanes) is 1. The average molecular weight is 138 g/mol. The van der Waals surface area contributed by atoms with Crippen LogP contribution < -0.4 is 0 Å². The quantitative estimate of drug-likeness (QED) is 0.247. The summed E-state index contributed by atoms with van der Waals surface area (Å²) in [5.74, 6) is 0. The Kier molecular flexibility index (Phi) is 5.74. The minimum atomic E-state index is 0.699. The predicted molar refractivity (Wildman–Crippen MR) is 43.9 cm³/mol. The molecule has 0 radical (unpaired) electrons. The molecule has 0 heterocycles. The third-order valence-corrected chi connectivity index (χ3v) is 1.27. The number of rotatable bonds is 5. The van der Waals surface area contributed by atoms with Crippen LogP contribution in [-0.2, 0) is 4.79 Å². The zero-order chi connectivity index (χ0) is 7.82. The maximum absolute atomic E-state index is 10.1. The van der Waals surface area contributed by atoms with E-state index >= 15 is 0 Å². The zero-order valence-corrected chi connectivity index (χ0v) is 6.47. The lowest BCUT2D eigenvalue weighted by Crippen LogP contribution is -1.81. The maximum atomic E-state index is 10.1. The van der Waals surface area contributed by atoms with Gasteiger partial charge in [-0.1, -0.05) is 18.7 Å². The summed E-state index contributed by atoms with van der Waals surface area (Å²) in [6.45, 7) is 5.57. The van der Waals surface area contributed by atoms with Gasteiger partial charge in [0.2, 0.25) is 0 Å². The minimum Gasteiger partial charge on any atom is -0.298 e. The molecule has 0 bridgehead atoms. The second-order valence-corrected chi connectivity index (χ2v) is 2.24. The average Bonchev–Trinajstić information content (AvgIpc) is 1.98. The standard InChI is InChI=1S/C9H14O/c1-3-4-5-6-7-9(2)8-10/h3-4,8H,2,5-7H2,1H3/b4-3-. The van der Waals surface area contributed by atoms with Gasteiger partial charge in [0.15, 0.2) is 0 Å². The Morgan fingerprint density at radius 3 is 2.80 bits per heavy atom. The highest BCUT2D eigenvalue weighted by Crippen LogP contribution is 2.02. The van der Waals surface area contributed by atoms with Crippen LogP contribution in [0.2, 0.25) is 0 Å². The molecule has 1 nitrogen and oxygen atoms in total. The van der Waals surface area contributed by atoms with E-state index in [-0.39, 0.29) is 0 Å². The fourth-order valence-electron chi connectivity index (χ4n) is 0.673. The lowest BCUT2D eigenvalue weighted by atomic mass is 10.1. The summed E-state index contributed by atoms with van der Waals surface area (Å²) in [4.78, 5) is 10.1. The smallest absolute Gasteiger partial charge is 0.145 e. The van der Waals surface area contributed by atoms with E-state index in [1.807, 2.05) is 13.0 Å². The van der Waals surface area contributed by atoms with Gasteiger partial charge in [0.1, 0.15) is 6.29 Å². The molecule has 0 spiro atoms. The number of carbonyl (C=O) groups excluding carboxylic acids is 1. The summed E-state index contributed by atoms with van der Waals surface area (Å²) in [5, 5.41) is 0. The third-order valence-electron chi connectivity index (χ3n) is 1.27. The molecule has 0 unspecified atom stereocenters. The molecule has 0 aromatic rings. The van der Waals surface area contributed by atoms with Crippen molar-refractivity contribution in [2.45, 2.75) is 26.2 Å². The van der Waals surface area contributed by atoms with Crippen LogP contribution in [-0.4, -0.2) is 6.29 Å². The normalized spacial score (nSPS) is 10.1. The van der Waals surface area contributed by atoms with E-state index in [1.54, 1.807) is 0 Å². The summed E-state index contributed by atoms with van der Waals surface area (Å²) >= 11 is 0. The topological polar surface area (TPSA) is 17.1 Å². The molecular weight excluding hydrogens is 124 g/mol. The summed E-state index contributed by atoms with van der Waals surface area (Å²) in [5.41, 5.74) is 0.699. The van der Waals surface area contributed by atoms with Gasteiger partial charge in [-0.15, -0.1) is 0 Å². The van der Waals surface area contributed by atoms with Crippen LogP contribution >= 0.6 is 0 Å². The van der Waals surface area contributed by atoms with Gasteiger partial charge < -0.3 is 0 Å². The van der Waals surface area contributed by atoms with Gasteiger partial charge in [-0.2, -0.15) is 0 Å². The Balaban J connectivity index is 3.19. The molecule has 0 aromatic carbocycles. The predicted octanol–water partition coefficient (Wildman–Crippen LogP) is 2.49. The molecule has 0 N–H and O–H groups in total. The second kappa shape index (κ2) is 6.27. The van der Waals surface area contributed by atoms with Gasteiger partial charge >= 0.3 is 0 Å². The summed E-state index contributed by atoms with van der Waals surface area (Å²) in [6, 6.07) is 0. The minimum absolute atomic E-state index is 0.699. The van der Waals surface area contributed by atoms with Crippen LogP contribution in [0.15, 0.2) is 24.3 Å². The fraction of sp³-hybridized carbons (Fsp3) is 0.444. The Bertz CT molecular complexity index is 134. The molecule has 56 valence electrons. The van der Waals surface area contributed by atoms with Crippen LogP contribution in [0.4, 0.5) is 0 Å². The number of hydrogen-bond donors (Lipinski definition) is 0. The molecule has 0 aliphatic heterocycles. The van der Waals surface area contributed by atoms with Crippen molar-refractivity contribution in [1.29, 1.82) is 0 Å². The largest absolute Gasteiger partial charge is 0.298 e. The van der Waals surface area contributed by atoms with E-state index in [1.165, 1.54) is 0 Å². The van der Waals surface area contributed by atoms with Crippen LogP contribution in [0, 0.1) is 0 Å². The highest BCUT2D eigenvalue weighted by molar-refractivity contribution is 5.71. The van der Waals surface area contributed by atoms with Crippen molar-refractivity contribution in [2.75, 3.05) is 0 Å². The highest BCUT2D eigenvalue weighted by atomic mass is 16.1. The number of aldehydes is 1. The molecule has 0 aliphatic rings. The van der Waals surface area contributed by atoms with Crippen molar-refractivity contribution >= 4 is 6.29 Å². The van der Waals surface area contributed by atoms with E-state index in [0.717, 1.165) is 25.5 Å². The van der Waals surface area contributed by atoms with E-state index in [4.69, 9.17) is 0 Å². The zero-order valence-electron chi connectivity index (χ0n) is 6.47. The fourth-order valence-corrected chi connectivity index (χ4v) is 0.673. The first-order valence-electron chi connectivity index (χ1n) is 3.55. The number of hydrogen-bond acceptors (Lipinski definition) is 1. The first-order valence-corrected chi connectivity index (χ1v) is 3.55. The maximum Gasteiger partial charge on any atom is 0.145 e. The first kappa shape index (κ1) is 9.15. The van der Waals surface area contributed by atoms with Crippen molar-refractivity contribution < 1.29 is 4.79 Å². The van der Waals surface area contributed by atoms with Crippen LogP contribution in [0.1, 0.15) is 26.2 Å². The lowest BCUT2D eigenvalue weighted by molar-refractivity contribution is -0.105. The second-order valence-electron chi connectivity index (χ2n) is 2.24. The van der Waals surface area contributed by atoms with Gasteiger partial charge in [-0.25, -0.2) is 0 Å². The molecule has 0 aromatic heterocycles. The molecule has 0 saturated carbocycles. The molecule has 0 saturated heterocycles. The summed E-state index contributed by atoms with van der Waals surface area (Å²) in [7, 11) is 0. The molecule has 0 fully saturated rings. The van der Waals surface area contributed by atoms with Crippen molar-refractivity contribution in [1.82, 2.24) is 0 Å². The van der Waals surface area contributed by atoms with Gasteiger partial charge in [-0.05, 0) is 31.8 Å². The van der Waals surface area contributed by atoms with E-state index in [2.05, 4.69) is 12.7 Å².